The van der Waals surface area contributed by atoms with Gasteiger partial charge in [0.2, 0.25) is 5.91 Å². The molecule has 2 amide bonds. The van der Waals surface area contributed by atoms with Crippen molar-refractivity contribution in [2.45, 2.75) is 26.3 Å². The fourth-order valence-corrected chi connectivity index (χ4v) is 3.56. The minimum absolute atomic E-state index is 0.00280. The molecule has 1 N–H and O–H groups in total. The van der Waals surface area contributed by atoms with E-state index in [0.717, 1.165) is 28.6 Å². The van der Waals surface area contributed by atoms with E-state index in [1.807, 2.05) is 49.4 Å². The Morgan fingerprint density at radius 1 is 1.15 bits per heavy atom. The van der Waals surface area contributed by atoms with Crippen molar-refractivity contribution in [3.8, 4) is 11.1 Å². The summed E-state index contributed by atoms with van der Waals surface area (Å²) >= 11 is 0. The number of fused-ring (bicyclic) bond motifs is 1. The van der Waals surface area contributed by atoms with Gasteiger partial charge in [-0.1, -0.05) is 18.2 Å². The Morgan fingerprint density at radius 3 is 2.63 bits per heavy atom. The molecule has 0 unspecified atom stereocenters. The van der Waals surface area contributed by atoms with E-state index in [1.165, 1.54) is 6.92 Å². The van der Waals surface area contributed by atoms with Crippen LogP contribution in [-0.4, -0.2) is 40.8 Å². The average molecular weight is 363 g/mol. The summed E-state index contributed by atoms with van der Waals surface area (Å²) in [6.07, 6.45) is 0.792. The Morgan fingerprint density at radius 2 is 1.89 bits per heavy atom. The maximum absolute atomic E-state index is 12.7. The van der Waals surface area contributed by atoms with Gasteiger partial charge in [0.1, 0.15) is 5.52 Å². The lowest BCUT2D eigenvalue weighted by Crippen LogP contribution is -2.37. The number of aryl methyl sites for hydroxylation is 1. The fourth-order valence-electron chi connectivity index (χ4n) is 3.56. The van der Waals surface area contributed by atoms with Crippen LogP contribution in [-0.2, 0) is 4.79 Å². The predicted molar refractivity (Wildman–Crippen MR) is 102 cm³/mol. The summed E-state index contributed by atoms with van der Waals surface area (Å²) < 4.78 is 5.51. The second-order valence-electron chi connectivity index (χ2n) is 6.93. The molecule has 0 radical (unpaired) electrons. The molecule has 27 heavy (non-hydrogen) atoms. The quantitative estimate of drug-likeness (QED) is 0.776. The third kappa shape index (κ3) is 3.56. The van der Waals surface area contributed by atoms with E-state index in [4.69, 9.17) is 4.42 Å². The third-order valence-electron chi connectivity index (χ3n) is 4.84. The lowest BCUT2D eigenvalue weighted by molar-refractivity contribution is -0.119. The molecule has 1 aliphatic rings. The number of amides is 2. The number of hydrogen-bond donors (Lipinski definition) is 1. The molecule has 6 nitrogen and oxygen atoms in total. The number of nitrogens with one attached hydrogen (secondary N) is 1. The molecular formula is C21H21N3O3. The van der Waals surface area contributed by atoms with E-state index < -0.39 is 0 Å². The number of likely N-dealkylation sites (tertiary alicyclic amines) is 1. The Hall–Kier alpha value is -3.15. The Kier molecular flexibility index (Phi) is 4.39. The zero-order valence-electron chi connectivity index (χ0n) is 15.4. The van der Waals surface area contributed by atoms with E-state index in [0.29, 0.717) is 24.5 Å². The zero-order valence-corrected chi connectivity index (χ0v) is 15.4. The van der Waals surface area contributed by atoms with Gasteiger partial charge in [-0.25, -0.2) is 4.98 Å². The van der Waals surface area contributed by atoms with Gasteiger partial charge in [-0.2, -0.15) is 0 Å². The second kappa shape index (κ2) is 6.87. The van der Waals surface area contributed by atoms with Crippen molar-refractivity contribution in [2.75, 3.05) is 13.1 Å². The van der Waals surface area contributed by atoms with Gasteiger partial charge >= 0.3 is 0 Å². The lowest BCUT2D eigenvalue weighted by Gasteiger charge is -2.17. The first-order valence-corrected chi connectivity index (χ1v) is 9.03. The van der Waals surface area contributed by atoms with Gasteiger partial charge in [-0.3, -0.25) is 9.59 Å². The summed E-state index contributed by atoms with van der Waals surface area (Å²) in [5.41, 5.74) is 4.30. The summed E-state index contributed by atoms with van der Waals surface area (Å²) in [5.74, 6) is 0.584. The van der Waals surface area contributed by atoms with E-state index in [1.54, 1.807) is 4.90 Å². The van der Waals surface area contributed by atoms with E-state index in [2.05, 4.69) is 10.3 Å². The van der Waals surface area contributed by atoms with Gasteiger partial charge in [0.05, 0.1) is 0 Å². The molecule has 2 aromatic carbocycles. The van der Waals surface area contributed by atoms with Crippen molar-refractivity contribution in [2.24, 2.45) is 0 Å². The molecule has 1 fully saturated rings. The number of carbonyl (C=O) groups excluding carboxylic acids is 2. The highest BCUT2D eigenvalue weighted by atomic mass is 16.3. The van der Waals surface area contributed by atoms with Gasteiger partial charge in [-0.05, 0) is 41.8 Å². The summed E-state index contributed by atoms with van der Waals surface area (Å²) in [5, 5.41) is 2.88. The molecule has 3 aromatic rings. The van der Waals surface area contributed by atoms with Crippen molar-refractivity contribution < 1.29 is 14.0 Å². The molecule has 1 aromatic heterocycles. The van der Waals surface area contributed by atoms with Crippen molar-refractivity contribution in [3.63, 3.8) is 0 Å². The van der Waals surface area contributed by atoms with Crippen LogP contribution in [0, 0.1) is 6.92 Å². The van der Waals surface area contributed by atoms with Crippen LogP contribution in [0.3, 0.4) is 0 Å². The highest BCUT2D eigenvalue weighted by Crippen LogP contribution is 2.25. The van der Waals surface area contributed by atoms with Crippen LogP contribution in [0.15, 0.2) is 46.9 Å². The number of carbonyl (C=O) groups is 2. The zero-order chi connectivity index (χ0) is 19.0. The molecule has 1 saturated heterocycles. The highest BCUT2D eigenvalue weighted by Gasteiger charge is 2.27. The van der Waals surface area contributed by atoms with Gasteiger partial charge in [-0.15, -0.1) is 0 Å². The molecule has 0 saturated carbocycles. The molecular weight excluding hydrogens is 342 g/mol. The molecule has 6 heteroatoms. The maximum Gasteiger partial charge on any atom is 0.253 e. The van der Waals surface area contributed by atoms with Gasteiger partial charge in [0.15, 0.2) is 11.5 Å². The Bertz CT molecular complexity index is 1010. The van der Waals surface area contributed by atoms with E-state index >= 15 is 0 Å². The first kappa shape index (κ1) is 17.3. The molecule has 4 rings (SSSR count). The maximum atomic E-state index is 12.7. The van der Waals surface area contributed by atoms with E-state index in [-0.39, 0.29) is 17.9 Å². The second-order valence-corrected chi connectivity index (χ2v) is 6.93. The van der Waals surface area contributed by atoms with Crippen LogP contribution in [0.5, 0.6) is 0 Å². The van der Waals surface area contributed by atoms with Crippen molar-refractivity contribution in [3.05, 3.63) is 53.9 Å². The molecule has 138 valence electrons. The third-order valence-corrected chi connectivity index (χ3v) is 4.84. The van der Waals surface area contributed by atoms with Crippen LogP contribution in [0.25, 0.3) is 22.2 Å². The van der Waals surface area contributed by atoms with Crippen LogP contribution in [0.1, 0.15) is 29.6 Å². The smallest absolute Gasteiger partial charge is 0.253 e. The van der Waals surface area contributed by atoms with Gasteiger partial charge in [0.25, 0.3) is 5.91 Å². The van der Waals surface area contributed by atoms with Crippen molar-refractivity contribution in [1.82, 2.24) is 15.2 Å². The summed E-state index contributed by atoms with van der Waals surface area (Å²) in [7, 11) is 0. The van der Waals surface area contributed by atoms with Crippen LogP contribution < -0.4 is 5.32 Å². The molecule has 0 spiro atoms. The number of oxazole rings is 1. The molecule has 1 atom stereocenters. The minimum Gasteiger partial charge on any atom is -0.441 e. The number of benzene rings is 2. The monoisotopic (exact) mass is 363 g/mol. The average Bonchev–Trinajstić information content (AvgIpc) is 3.25. The lowest BCUT2D eigenvalue weighted by atomic mass is 10.0. The Balaban J connectivity index is 1.49. The molecule has 1 aliphatic heterocycles. The van der Waals surface area contributed by atoms with Crippen molar-refractivity contribution in [1.29, 1.82) is 0 Å². The predicted octanol–water partition coefficient (Wildman–Crippen LogP) is 3.15. The van der Waals surface area contributed by atoms with Gasteiger partial charge in [0, 0.05) is 38.5 Å². The van der Waals surface area contributed by atoms with Crippen molar-refractivity contribution >= 4 is 22.9 Å². The summed E-state index contributed by atoms with van der Waals surface area (Å²) in [6.45, 7) is 4.55. The topological polar surface area (TPSA) is 75.4 Å². The minimum atomic E-state index is -0.0575. The fraction of sp³-hybridized carbons (Fsp3) is 0.286. The number of hydrogen-bond acceptors (Lipinski definition) is 4. The summed E-state index contributed by atoms with van der Waals surface area (Å²) in [6, 6.07) is 13.5. The van der Waals surface area contributed by atoms with Crippen LogP contribution in [0.2, 0.25) is 0 Å². The highest BCUT2D eigenvalue weighted by molar-refractivity contribution is 5.95. The van der Waals surface area contributed by atoms with E-state index in [9.17, 15) is 9.59 Å². The SMILES string of the molecule is CC(=O)N[C@H]1CCN(C(=O)c2ccc(-c3ccc4oc(C)nc4c3)cc2)C1. The normalized spacial score (nSPS) is 16.7. The standard InChI is InChI=1S/C21H21N3O3/c1-13(25)22-18-9-10-24(12-18)21(26)16-5-3-15(4-6-16)17-7-8-20-19(11-17)23-14(2)27-20/h3-8,11,18H,9-10,12H2,1-2H3,(H,22,25)/t18-/m0/s1. The number of rotatable bonds is 3. The molecule has 2 heterocycles. The first-order valence-electron chi connectivity index (χ1n) is 9.03. The largest absolute Gasteiger partial charge is 0.441 e. The van der Waals surface area contributed by atoms with Crippen LogP contribution >= 0.6 is 0 Å². The van der Waals surface area contributed by atoms with Crippen LogP contribution in [0.4, 0.5) is 0 Å². The molecule has 0 bridgehead atoms. The van der Waals surface area contributed by atoms with Gasteiger partial charge < -0.3 is 14.6 Å². The number of nitrogens with zero attached hydrogens (tertiary/aromatic N) is 2. The first-order chi connectivity index (χ1) is 13.0. The number of aromatic nitrogens is 1. The summed E-state index contributed by atoms with van der Waals surface area (Å²) in [4.78, 5) is 30.0. The molecule has 0 aliphatic carbocycles. The Labute approximate surface area is 157 Å².